The van der Waals surface area contributed by atoms with E-state index in [9.17, 15) is 23.1 Å². The Balaban J connectivity index is 0.00000256. The van der Waals surface area contributed by atoms with E-state index in [1.165, 1.54) is 25.3 Å². The van der Waals surface area contributed by atoms with Crippen molar-refractivity contribution < 1.29 is 32.5 Å². The smallest absolute Gasteiger partial charge is 0.496 e. The lowest BCUT2D eigenvalue weighted by atomic mass is 9.86. The Bertz CT molecular complexity index is 872. The number of benzene rings is 2. The van der Waals surface area contributed by atoms with Gasteiger partial charge in [0, 0.05) is 30.7 Å². The monoisotopic (exact) mass is 496 g/mol. The summed E-state index contributed by atoms with van der Waals surface area (Å²) in [4.78, 5) is 11.5. The number of alkyl halides is 3. The van der Waals surface area contributed by atoms with Crippen molar-refractivity contribution in [3.63, 3.8) is 0 Å². The van der Waals surface area contributed by atoms with E-state index in [0.29, 0.717) is 24.3 Å². The number of methoxy groups -OCH3 is 1. The summed E-state index contributed by atoms with van der Waals surface area (Å²) in [5, 5.41) is 16.0. The number of rotatable bonds is 7. The normalized spacial score (nSPS) is 20.4. The highest BCUT2D eigenvalue weighted by atomic mass is 35.5. The quantitative estimate of drug-likeness (QED) is 0.529. The number of aliphatic carboxylic acids is 1. The number of hydrogen-bond donors (Lipinski definition) is 3. The number of carboxylic acid groups (broad SMARTS) is 1. The lowest BCUT2D eigenvalue weighted by molar-refractivity contribution is -0.274. The molecule has 2 aromatic rings. The first kappa shape index (κ1) is 27.8. The van der Waals surface area contributed by atoms with E-state index < -0.39 is 18.2 Å². The van der Waals surface area contributed by atoms with Crippen molar-refractivity contribution in [1.29, 1.82) is 0 Å². The summed E-state index contributed by atoms with van der Waals surface area (Å²) in [6.45, 7) is 0.519. The Morgan fingerprint density at radius 2 is 1.88 bits per heavy atom. The maximum absolute atomic E-state index is 12.6. The summed E-state index contributed by atoms with van der Waals surface area (Å²) in [5.74, 6) is -1.39. The summed E-state index contributed by atoms with van der Waals surface area (Å²) in [7, 11) is 1.43. The van der Waals surface area contributed by atoms with Crippen molar-refractivity contribution >= 4 is 30.8 Å². The standard InChI is InChI=1S/C21H23F3N2O4.2ClH/c1-29-18-8-7-16(30-21(22,23)24)9-14(18)11-25-17-10-15(20(27)28)12-26-19(17)13-5-3-2-4-6-13;;/h2-9,15,17,19,25-26H,10-12H2,1H3,(H,27,28);2*1H/t15-,17-,19-;;/m0../s1. The molecule has 1 aliphatic rings. The molecule has 0 unspecified atom stereocenters. The maximum atomic E-state index is 12.6. The fraction of sp³-hybridized carbons (Fsp3) is 0.381. The first-order valence-electron chi connectivity index (χ1n) is 9.44. The van der Waals surface area contributed by atoms with Crippen LogP contribution >= 0.6 is 24.8 Å². The van der Waals surface area contributed by atoms with Crippen LogP contribution < -0.4 is 20.1 Å². The van der Waals surface area contributed by atoms with Gasteiger partial charge < -0.3 is 25.2 Å². The van der Waals surface area contributed by atoms with Gasteiger partial charge in [-0.1, -0.05) is 30.3 Å². The zero-order chi connectivity index (χ0) is 21.7. The highest BCUT2D eigenvalue weighted by Crippen LogP contribution is 2.30. The topological polar surface area (TPSA) is 79.8 Å². The van der Waals surface area contributed by atoms with Crippen LogP contribution in [0.5, 0.6) is 11.5 Å². The van der Waals surface area contributed by atoms with Gasteiger partial charge in [-0.25, -0.2) is 0 Å². The van der Waals surface area contributed by atoms with Crippen LogP contribution in [0.25, 0.3) is 0 Å². The van der Waals surface area contributed by atoms with Crippen LogP contribution in [-0.4, -0.2) is 37.1 Å². The van der Waals surface area contributed by atoms with Gasteiger partial charge in [0.25, 0.3) is 0 Å². The minimum atomic E-state index is -4.79. The van der Waals surface area contributed by atoms with E-state index in [1.54, 1.807) is 0 Å². The van der Waals surface area contributed by atoms with Gasteiger partial charge in [-0.2, -0.15) is 0 Å². The van der Waals surface area contributed by atoms with Crippen molar-refractivity contribution in [2.45, 2.75) is 31.4 Å². The average Bonchev–Trinajstić information content (AvgIpc) is 2.71. The van der Waals surface area contributed by atoms with Gasteiger partial charge in [-0.05, 0) is 30.2 Å². The summed E-state index contributed by atoms with van der Waals surface area (Å²) < 4.78 is 46.9. The second kappa shape index (κ2) is 12.2. The number of ether oxygens (including phenoxy) is 2. The number of carbonyl (C=O) groups is 1. The molecule has 2 aromatic carbocycles. The summed E-state index contributed by atoms with van der Waals surface area (Å²) in [6.07, 6.45) is -4.41. The third-order valence-corrected chi connectivity index (χ3v) is 5.07. The van der Waals surface area contributed by atoms with Crippen LogP contribution in [0.3, 0.4) is 0 Å². The van der Waals surface area contributed by atoms with E-state index >= 15 is 0 Å². The van der Waals surface area contributed by atoms with Crippen LogP contribution in [0.4, 0.5) is 13.2 Å². The summed E-state index contributed by atoms with van der Waals surface area (Å²) >= 11 is 0. The molecule has 3 atom stereocenters. The summed E-state index contributed by atoms with van der Waals surface area (Å²) in [5.41, 5.74) is 1.48. The molecule has 11 heteroatoms. The number of halogens is 5. The molecule has 3 rings (SSSR count). The molecule has 178 valence electrons. The van der Waals surface area contributed by atoms with Crippen molar-refractivity contribution in [2.24, 2.45) is 5.92 Å². The predicted molar refractivity (Wildman–Crippen MR) is 118 cm³/mol. The van der Waals surface area contributed by atoms with Crippen molar-refractivity contribution in [3.05, 3.63) is 59.7 Å². The van der Waals surface area contributed by atoms with Crippen LogP contribution in [0.15, 0.2) is 48.5 Å². The predicted octanol–water partition coefficient (Wildman–Crippen LogP) is 4.33. The molecule has 1 heterocycles. The van der Waals surface area contributed by atoms with E-state index in [1.807, 2.05) is 30.3 Å². The largest absolute Gasteiger partial charge is 0.573 e. The molecule has 1 aliphatic heterocycles. The van der Waals surface area contributed by atoms with Crippen LogP contribution in [-0.2, 0) is 11.3 Å². The van der Waals surface area contributed by atoms with Crippen LogP contribution in [0.2, 0.25) is 0 Å². The van der Waals surface area contributed by atoms with Crippen LogP contribution in [0.1, 0.15) is 23.6 Å². The van der Waals surface area contributed by atoms with E-state index in [4.69, 9.17) is 4.74 Å². The second-order valence-corrected chi connectivity index (χ2v) is 7.08. The lowest BCUT2D eigenvalue weighted by Gasteiger charge is -2.36. The third kappa shape index (κ3) is 7.44. The fourth-order valence-electron chi connectivity index (χ4n) is 3.67. The highest BCUT2D eigenvalue weighted by molar-refractivity contribution is 5.85. The first-order valence-corrected chi connectivity index (χ1v) is 9.44. The SMILES string of the molecule is COc1ccc(OC(F)(F)F)cc1CN[C@H]1C[C@H](C(=O)O)CN[C@H]1c1ccccc1.Cl.Cl. The number of piperidine rings is 1. The highest BCUT2D eigenvalue weighted by Gasteiger charge is 2.34. The molecule has 3 N–H and O–H groups in total. The van der Waals surface area contributed by atoms with Gasteiger partial charge in [-0.15, -0.1) is 38.0 Å². The minimum Gasteiger partial charge on any atom is -0.496 e. The van der Waals surface area contributed by atoms with Crippen LogP contribution in [0, 0.1) is 5.92 Å². The minimum absolute atomic E-state index is 0. The molecule has 0 amide bonds. The zero-order valence-electron chi connectivity index (χ0n) is 17.1. The van der Waals surface area contributed by atoms with E-state index in [2.05, 4.69) is 15.4 Å². The molecular weight excluding hydrogens is 472 g/mol. The van der Waals surface area contributed by atoms with Gasteiger partial charge >= 0.3 is 12.3 Å². The zero-order valence-corrected chi connectivity index (χ0v) is 18.7. The van der Waals surface area contributed by atoms with Gasteiger partial charge in [0.15, 0.2) is 0 Å². The molecule has 1 saturated heterocycles. The van der Waals surface area contributed by atoms with E-state index in [-0.39, 0.29) is 49.2 Å². The number of hydrogen-bond acceptors (Lipinski definition) is 5. The number of carboxylic acids is 1. The third-order valence-electron chi connectivity index (χ3n) is 5.07. The molecule has 0 saturated carbocycles. The molecule has 0 bridgehead atoms. The lowest BCUT2D eigenvalue weighted by Crippen LogP contribution is -2.50. The molecule has 32 heavy (non-hydrogen) atoms. The molecule has 0 spiro atoms. The Morgan fingerprint density at radius 3 is 2.47 bits per heavy atom. The average molecular weight is 497 g/mol. The van der Waals surface area contributed by atoms with Gasteiger partial charge in [0.05, 0.1) is 13.0 Å². The Hall–Kier alpha value is -2.20. The molecular formula is C21H25Cl2F3N2O4. The van der Waals surface area contributed by atoms with Gasteiger partial charge in [-0.3, -0.25) is 4.79 Å². The molecule has 1 fully saturated rings. The fourth-order valence-corrected chi connectivity index (χ4v) is 3.67. The van der Waals surface area contributed by atoms with Crippen molar-refractivity contribution in [3.8, 4) is 11.5 Å². The van der Waals surface area contributed by atoms with Gasteiger partial charge in [0.2, 0.25) is 0 Å². The summed E-state index contributed by atoms with van der Waals surface area (Å²) in [6, 6.07) is 13.1. The number of nitrogens with one attached hydrogen (secondary N) is 2. The second-order valence-electron chi connectivity index (χ2n) is 7.08. The Morgan fingerprint density at radius 1 is 1.19 bits per heavy atom. The Labute approximate surface area is 196 Å². The van der Waals surface area contributed by atoms with E-state index in [0.717, 1.165) is 5.56 Å². The first-order chi connectivity index (χ1) is 14.3. The van der Waals surface area contributed by atoms with Crippen molar-refractivity contribution in [2.75, 3.05) is 13.7 Å². The maximum Gasteiger partial charge on any atom is 0.573 e. The molecule has 6 nitrogen and oxygen atoms in total. The van der Waals surface area contributed by atoms with Gasteiger partial charge in [0.1, 0.15) is 11.5 Å². The Kier molecular flexibility index (Phi) is 10.6. The molecule has 0 aliphatic carbocycles. The molecule has 0 radical (unpaired) electrons. The van der Waals surface area contributed by atoms with Crippen molar-refractivity contribution in [1.82, 2.24) is 10.6 Å². The molecule has 0 aromatic heterocycles.